The molecule has 0 amide bonds. The Morgan fingerprint density at radius 1 is 1.44 bits per heavy atom. The van der Waals surface area contributed by atoms with Crippen molar-refractivity contribution in [1.29, 1.82) is 0 Å². The average Bonchev–Trinajstić information content (AvgIpc) is 2.73. The van der Waals surface area contributed by atoms with E-state index in [4.69, 9.17) is 14.2 Å². The molecule has 5 heteroatoms. The Morgan fingerprint density at radius 3 is 2.81 bits per heavy atom. The molecule has 4 nitrogen and oxygen atoms in total. The second-order valence-electron chi connectivity index (χ2n) is 3.27. The van der Waals surface area contributed by atoms with Gasteiger partial charge in [-0.2, -0.15) is 0 Å². The van der Waals surface area contributed by atoms with E-state index in [1.165, 1.54) is 0 Å². The van der Waals surface area contributed by atoms with Crippen LogP contribution in [0.2, 0.25) is 0 Å². The van der Waals surface area contributed by atoms with E-state index in [9.17, 15) is 4.79 Å². The van der Waals surface area contributed by atoms with E-state index < -0.39 is 6.29 Å². The molecule has 1 aliphatic heterocycles. The Hall–Kier alpha value is -0.660. The van der Waals surface area contributed by atoms with Gasteiger partial charge < -0.3 is 14.2 Å². The first-order valence-electron chi connectivity index (χ1n) is 4.89. The predicted molar refractivity (Wildman–Crippen MR) is 65.4 cm³/mol. The lowest BCUT2D eigenvalue weighted by Crippen LogP contribution is -2.19. The van der Waals surface area contributed by atoms with Gasteiger partial charge in [0.05, 0.1) is 12.2 Å². The van der Waals surface area contributed by atoms with Crippen LogP contribution in [0.15, 0.2) is 30.3 Å². The minimum absolute atomic E-state index is 0.0398. The fourth-order valence-corrected chi connectivity index (χ4v) is 1.85. The molecule has 0 unspecified atom stereocenters. The number of carbonyl (C=O) groups is 1. The third-order valence-electron chi connectivity index (χ3n) is 2.07. The molecule has 0 saturated carbocycles. The minimum Gasteiger partial charge on any atom is -0.457 e. The smallest absolute Gasteiger partial charge is 0.338 e. The number of ether oxygens (including phenoxy) is 3. The van der Waals surface area contributed by atoms with Crippen molar-refractivity contribution in [2.75, 3.05) is 13.2 Å². The van der Waals surface area contributed by atoms with Crippen molar-refractivity contribution in [3.05, 3.63) is 35.9 Å². The van der Waals surface area contributed by atoms with Gasteiger partial charge in [-0.1, -0.05) is 18.2 Å². The molecular formula is C11H11IO4. The van der Waals surface area contributed by atoms with Crippen molar-refractivity contribution >= 4 is 28.6 Å². The quantitative estimate of drug-likeness (QED) is 0.482. The van der Waals surface area contributed by atoms with Crippen LogP contribution in [0.5, 0.6) is 0 Å². The van der Waals surface area contributed by atoms with Gasteiger partial charge in [-0.3, -0.25) is 0 Å². The third kappa shape index (κ3) is 3.16. The van der Waals surface area contributed by atoms with Gasteiger partial charge in [0.1, 0.15) is 10.7 Å². The fourth-order valence-electron chi connectivity index (χ4n) is 1.31. The summed E-state index contributed by atoms with van der Waals surface area (Å²) in [4.78, 5) is 11.5. The van der Waals surface area contributed by atoms with Crippen LogP contribution in [0.1, 0.15) is 10.4 Å². The zero-order chi connectivity index (χ0) is 11.4. The molecule has 0 aromatic heterocycles. The molecule has 1 aromatic carbocycles. The normalized spacial score (nSPS) is 24.3. The molecular weight excluding hydrogens is 323 g/mol. The minimum atomic E-state index is -0.436. The summed E-state index contributed by atoms with van der Waals surface area (Å²) in [6, 6.07) is 8.85. The SMILES string of the molecule is O=C(OC[C@H]1OC[C@H](I)O1)c1ccccc1. The van der Waals surface area contributed by atoms with Crippen molar-refractivity contribution < 1.29 is 19.0 Å². The zero-order valence-electron chi connectivity index (χ0n) is 8.47. The number of rotatable bonds is 3. The molecule has 0 radical (unpaired) electrons. The van der Waals surface area contributed by atoms with Crippen LogP contribution in [0.4, 0.5) is 0 Å². The van der Waals surface area contributed by atoms with Crippen LogP contribution < -0.4 is 0 Å². The Kier molecular flexibility index (Phi) is 4.14. The molecule has 1 saturated heterocycles. The van der Waals surface area contributed by atoms with Crippen LogP contribution in [-0.4, -0.2) is 29.6 Å². The van der Waals surface area contributed by atoms with Gasteiger partial charge in [0, 0.05) is 0 Å². The summed E-state index contributed by atoms with van der Waals surface area (Å²) in [5, 5.41) is 0. The van der Waals surface area contributed by atoms with Crippen molar-refractivity contribution in [3.8, 4) is 0 Å². The molecule has 86 valence electrons. The molecule has 1 heterocycles. The molecule has 2 rings (SSSR count). The highest BCUT2D eigenvalue weighted by molar-refractivity contribution is 14.1. The molecule has 0 aliphatic carbocycles. The van der Waals surface area contributed by atoms with Gasteiger partial charge in [-0.15, -0.1) is 0 Å². The van der Waals surface area contributed by atoms with Crippen molar-refractivity contribution in [3.63, 3.8) is 0 Å². The lowest BCUT2D eigenvalue weighted by atomic mass is 10.2. The van der Waals surface area contributed by atoms with Crippen LogP contribution >= 0.6 is 22.6 Å². The van der Waals surface area contributed by atoms with Crippen LogP contribution in [-0.2, 0) is 14.2 Å². The highest BCUT2D eigenvalue weighted by atomic mass is 127. The summed E-state index contributed by atoms with van der Waals surface area (Å²) >= 11 is 2.13. The van der Waals surface area contributed by atoms with Gasteiger partial charge in [0.15, 0.2) is 6.29 Å². The lowest BCUT2D eigenvalue weighted by molar-refractivity contribution is -0.0826. The topological polar surface area (TPSA) is 44.8 Å². The Labute approximate surface area is 107 Å². The van der Waals surface area contributed by atoms with Gasteiger partial charge in [-0.25, -0.2) is 4.79 Å². The maximum absolute atomic E-state index is 11.5. The molecule has 1 fully saturated rings. The first-order chi connectivity index (χ1) is 7.75. The second-order valence-corrected chi connectivity index (χ2v) is 4.66. The number of alkyl halides is 1. The van der Waals surface area contributed by atoms with E-state index in [1.807, 2.05) is 6.07 Å². The van der Waals surface area contributed by atoms with E-state index >= 15 is 0 Å². The van der Waals surface area contributed by atoms with Crippen molar-refractivity contribution in [2.45, 2.75) is 10.4 Å². The highest BCUT2D eigenvalue weighted by Gasteiger charge is 2.24. The standard InChI is InChI=1S/C11H11IO4/c12-9-6-14-10(16-9)7-15-11(13)8-4-2-1-3-5-8/h1-5,9-10H,6-7H2/t9-,10+/m1/s1. The summed E-state index contributed by atoms with van der Waals surface area (Å²) in [7, 11) is 0. The van der Waals surface area contributed by atoms with E-state index in [2.05, 4.69) is 22.6 Å². The molecule has 1 aromatic rings. The number of benzene rings is 1. The summed E-state index contributed by atoms with van der Waals surface area (Å²) in [6.45, 7) is 0.668. The number of esters is 1. The maximum Gasteiger partial charge on any atom is 0.338 e. The summed E-state index contributed by atoms with van der Waals surface area (Å²) in [5.41, 5.74) is 0.534. The molecule has 1 aliphatic rings. The molecule has 16 heavy (non-hydrogen) atoms. The van der Waals surface area contributed by atoms with Crippen LogP contribution in [0.25, 0.3) is 0 Å². The van der Waals surface area contributed by atoms with Gasteiger partial charge >= 0.3 is 5.97 Å². The first-order valence-corrected chi connectivity index (χ1v) is 6.13. The van der Waals surface area contributed by atoms with E-state index in [1.54, 1.807) is 24.3 Å². The van der Waals surface area contributed by atoms with Crippen molar-refractivity contribution in [2.24, 2.45) is 0 Å². The zero-order valence-corrected chi connectivity index (χ0v) is 10.6. The number of carbonyl (C=O) groups excluding carboxylic acids is 1. The van der Waals surface area contributed by atoms with E-state index in [-0.39, 0.29) is 16.7 Å². The fraction of sp³-hybridized carbons (Fsp3) is 0.364. The maximum atomic E-state index is 11.5. The van der Waals surface area contributed by atoms with E-state index in [0.717, 1.165) is 0 Å². The Bertz CT molecular complexity index is 354. The third-order valence-corrected chi connectivity index (χ3v) is 2.73. The number of hydrogen-bond donors (Lipinski definition) is 0. The highest BCUT2D eigenvalue weighted by Crippen LogP contribution is 2.17. The van der Waals surface area contributed by atoms with Gasteiger partial charge in [0.2, 0.25) is 0 Å². The summed E-state index contributed by atoms with van der Waals surface area (Å²) in [5.74, 6) is -0.357. The molecule has 0 spiro atoms. The van der Waals surface area contributed by atoms with E-state index in [0.29, 0.717) is 12.2 Å². The predicted octanol–water partition coefficient (Wildman–Crippen LogP) is 1.98. The van der Waals surface area contributed by atoms with Gasteiger partial charge in [-0.05, 0) is 34.7 Å². The summed E-state index contributed by atoms with van der Waals surface area (Å²) < 4.78 is 15.7. The lowest BCUT2D eigenvalue weighted by Gasteiger charge is -2.09. The van der Waals surface area contributed by atoms with Crippen molar-refractivity contribution in [1.82, 2.24) is 0 Å². The molecule has 2 atom stereocenters. The average molecular weight is 334 g/mol. The van der Waals surface area contributed by atoms with Crippen LogP contribution in [0, 0.1) is 0 Å². The van der Waals surface area contributed by atoms with Gasteiger partial charge in [0.25, 0.3) is 0 Å². The molecule has 0 N–H and O–H groups in total. The van der Waals surface area contributed by atoms with Crippen LogP contribution in [0.3, 0.4) is 0 Å². The molecule has 0 bridgehead atoms. The Balaban J connectivity index is 1.80. The second kappa shape index (κ2) is 5.60. The first kappa shape index (κ1) is 11.8. The number of hydrogen-bond acceptors (Lipinski definition) is 4. The Morgan fingerprint density at radius 2 is 2.19 bits per heavy atom. The largest absolute Gasteiger partial charge is 0.457 e. The number of halogens is 1. The monoisotopic (exact) mass is 334 g/mol. The summed E-state index contributed by atoms with van der Waals surface area (Å²) in [6.07, 6.45) is -0.436.